The molecule has 6 nitrogen and oxygen atoms in total. The largest absolute Gasteiger partial charge is 0.385 e. The van der Waals surface area contributed by atoms with Crippen LogP contribution in [-0.4, -0.2) is 73.8 Å². The van der Waals surface area contributed by atoms with Gasteiger partial charge >= 0.3 is 6.03 Å². The summed E-state index contributed by atoms with van der Waals surface area (Å²) in [6.07, 6.45) is 5.89. The van der Waals surface area contributed by atoms with Gasteiger partial charge in [0.15, 0.2) is 0 Å². The first-order valence-corrected chi connectivity index (χ1v) is 8.90. The minimum absolute atomic E-state index is 0.0816. The number of pyridine rings is 1. The fourth-order valence-electron chi connectivity index (χ4n) is 3.55. The summed E-state index contributed by atoms with van der Waals surface area (Å²) in [5.41, 5.74) is 1.27. The van der Waals surface area contributed by atoms with Crippen LogP contribution in [-0.2, 0) is 4.74 Å². The normalized spacial score (nSPS) is 21.7. The Morgan fingerprint density at radius 1 is 1.33 bits per heavy atom. The number of likely N-dealkylation sites (tertiary alicyclic amines) is 2. The van der Waals surface area contributed by atoms with Crippen LogP contribution in [0.2, 0.25) is 0 Å². The minimum Gasteiger partial charge on any atom is -0.385 e. The third kappa shape index (κ3) is 4.45. The molecular formula is C18H28N4O2. The first-order valence-electron chi connectivity index (χ1n) is 8.90. The van der Waals surface area contributed by atoms with E-state index in [-0.39, 0.29) is 6.03 Å². The van der Waals surface area contributed by atoms with Crippen molar-refractivity contribution in [3.05, 3.63) is 30.1 Å². The third-order valence-electron chi connectivity index (χ3n) is 5.08. The molecule has 1 atom stereocenters. The lowest BCUT2D eigenvalue weighted by molar-refractivity contribution is 0.150. The average molecular weight is 332 g/mol. The number of methoxy groups -OCH3 is 1. The summed E-state index contributed by atoms with van der Waals surface area (Å²) in [6, 6.07) is 4.16. The van der Waals surface area contributed by atoms with Gasteiger partial charge in [-0.3, -0.25) is 4.98 Å². The lowest BCUT2D eigenvalue weighted by atomic mass is 9.93. The van der Waals surface area contributed by atoms with Crippen molar-refractivity contribution in [2.75, 3.05) is 53.0 Å². The predicted molar refractivity (Wildman–Crippen MR) is 93.0 cm³/mol. The molecule has 24 heavy (non-hydrogen) atoms. The molecule has 2 aliphatic rings. The molecule has 2 amide bonds. The zero-order valence-electron chi connectivity index (χ0n) is 14.5. The first kappa shape index (κ1) is 17.2. The lowest BCUT2D eigenvalue weighted by Crippen LogP contribution is -2.53. The molecule has 3 rings (SSSR count). The smallest absolute Gasteiger partial charge is 0.317 e. The van der Waals surface area contributed by atoms with Gasteiger partial charge < -0.3 is 19.9 Å². The van der Waals surface area contributed by atoms with Gasteiger partial charge in [0.2, 0.25) is 0 Å². The SMILES string of the molecule is COCCCN1CCC(CNC(=O)N2CC(c3ccncc3)C2)C1. The molecule has 0 saturated carbocycles. The molecule has 1 N–H and O–H groups in total. The molecule has 3 heterocycles. The van der Waals surface area contributed by atoms with Crippen LogP contribution in [0.15, 0.2) is 24.5 Å². The molecule has 1 unspecified atom stereocenters. The van der Waals surface area contributed by atoms with E-state index in [0.717, 1.165) is 52.3 Å². The summed E-state index contributed by atoms with van der Waals surface area (Å²) in [4.78, 5) is 20.6. The van der Waals surface area contributed by atoms with Crippen LogP contribution in [0.4, 0.5) is 4.79 Å². The van der Waals surface area contributed by atoms with Gasteiger partial charge in [0, 0.05) is 64.8 Å². The molecule has 0 bridgehead atoms. The first-order chi connectivity index (χ1) is 11.8. The monoisotopic (exact) mass is 332 g/mol. The number of aromatic nitrogens is 1. The second-order valence-corrected chi connectivity index (χ2v) is 6.87. The van der Waals surface area contributed by atoms with Crippen molar-refractivity contribution in [3.63, 3.8) is 0 Å². The maximum absolute atomic E-state index is 12.2. The van der Waals surface area contributed by atoms with Gasteiger partial charge in [-0.05, 0) is 43.0 Å². The van der Waals surface area contributed by atoms with E-state index in [9.17, 15) is 4.79 Å². The highest BCUT2D eigenvalue weighted by Gasteiger charge is 2.32. The number of nitrogens with zero attached hydrogens (tertiary/aromatic N) is 3. The molecule has 2 aliphatic heterocycles. The standard InChI is InChI=1S/C18H28N4O2/c1-24-10-2-8-21-9-5-15(12-21)11-20-18(23)22-13-17(14-22)16-3-6-19-7-4-16/h3-4,6-7,15,17H,2,5,8-14H2,1H3,(H,20,23). The predicted octanol–water partition coefficient (Wildman–Crippen LogP) is 1.55. The number of hydrogen-bond acceptors (Lipinski definition) is 4. The topological polar surface area (TPSA) is 57.7 Å². The lowest BCUT2D eigenvalue weighted by Gasteiger charge is -2.39. The minimum atomic E-state index is 0.0816. The van der Waals surface area contributed by atoms with Crippen LogP contribution in [0.5, 0.6) is 0 Å². The molecular weight excluding hydrogens is 304 g/mol. The number of hydrogen-bond donors (Lipinski definition) is 1. The highest BCUT2D eigenvalue weighted by Crippen LogP contribution is 2.26. The maximum atomic E-state index is 12.2. The number of rotatable bonds is 7. The molecule has 0 spiro atoms. The van der Waals surface area contributed by atoms with Crippen LogP contribution in [0.3, 0.4) is 0 Å². The number of amides is 2. The molecule has 2 fully saturated rings. The Labute approximate surface area is 144 Å². The van der Waals surface area contributed by atoms with Gasteiger partial charge in [-0.15, -0.1) is 0 Å². The number of urea groups is 1. The molecule has 0 aliphatic carbocycles. The van der Waals surface area contributed by atoms with Crippen LogP contribution >= 0.6 is 0 Å². The van der Waals surface area contributed by atoms with Crippen molar-refractivity contribution in [2.45, 2.75) is 18.8 Å². The summed E-state index contributed by atoms with van der Waals surface area (Å²) in [7, 11) is 1.75. The summed E-state index contributed by atoms with van der Waals surface area (Å²) in [5.74, 6) is 1.04. The molecule has 0 radical (unpaired) electrons. The summed E-state index contributed by atoms with van der Waals surface area (Å²) in [5, 5.41) is 3.11. The van der Waals surface area contributed by atoms with Gasteiger partial charge in [0.05, 0.1) is 0 Å². The number of carbonyl (C=O) groups excluding carboxylic acids is 1. The highest BCUT2D eigenvalue weighted by atomic mass is 16.5. The fraction of sp³-hybridized carbons (Fsp3) is 0.667. The molecule has 1 aromatic heterocycles. The summed E-state index contributed by atoms with van der Waals surface area (Å²) >= 11 is 0. The van der Waals surface area contributed by atoms with E-state index >= 15 is 0 Å². The van der Waals surface area contributed by atoms with E-state index in [1.54, 1.807) is 7.11 Å². The Kier molecular flexibility index (Phi) is 6.04. The van der Waals surface area contributed by atoms with Gasteiger partial charge in [-0.1, -0.05) is 0 Å². The van der Waals surface area contributed by atoms with Gasteiger partial charge in [-0.2, -0.15) is 0 Å². The highest BCUT2D eigenvalue weighted by molar-refractivity contribution is 5.75. The molecule has 6 heteroatoms. The maximum Gasteiger partial charge on any atom is 0.317 e. The van der Waals surface area contributed by atoms with Crippen molar-refractivity contribution < 1.29 is 9.53 Å². The van der Waals surface area contributed by atoms with Crippen molar-refractivity contribution in [3.8, 4) is 0 Å². The van der Waals surface area contributed by atoms with Crippen LogP contribution in [0.25, 0.3) is 0 Å². The second-order valence-electron chi connectivity index (χ2n) is 6.87. The number of carbonyl (C=O) groups is 1. The second kappa shape index (κ2) is 8.44. The van der Waals surface area contributed by atoms with Crippen molar-refractivity contribution in [2.24, 2.45) is 5.92 Å². The van der Waals surface area contributed by atoms with E-state index in [0.29, 0.717) is 11.8 Å². The third-order valence-corrected chi connectivity index (χ3v) is 5.08. The summed E-state index contributed by atoms with van der Waals surface area (Å²) in [6.45, 7) is 6.55. The van der Waals surface area contributed by atoms with E-state index in [1.165, 1.54) is 12.0 Å². The van der Waals surface area contributed by atoms with Crippen molar-refractivity contribution in [1.82, 2.24) is 20.1 Å². The van der Waals surface area contributed by atoms with Crippen LogP contribution < -0.4 is 5.32 Å². The van der Waals surface area contributed by atoms with Gasteiger partial charge in [0.1, 0.15) is 0 Å². The van der Waals surface area contributed by atoms with E-state index < -0.39 is 0 Å². The zero-order valence-corrected chi connectivity index (χ0v) is 14.5. The van der Waals surface area contributed by atoms with Crippen LogP contribution in [0, 0.1) is 5.92 Å². The van der Waals surface area contributed by atoms with Crippen molar-refractivity contribution in [1.29, 1.82) is 0 Å². The molecule has 132 valence electrons. The Morgan fingerprint density at radius 2 is 2.12 bits per heavy atom. The Balaban J connectivity index is 1.31. The fourth-order valence-corrected chi connectivity index (χ4v) is 3.55. The quantitative estimate of drug-likeness (QED) is 0.770. The van der Waals surface area contributed by atoms with Crippen LogP contribution in [0.1, 0.15) is 24.3 Å². The average Bonchev–Trinajstić information content (AvgIpc) is 3.01. The van der Waals surface area contributed by atoms with Gasteiger partial charge in [0.25, 0.3) is 0 Å². The Morgan fingerprint density at radius 3 is 2.88 bits per heavy atom. The number of nitrogens with one attached hydrogen (secondary N) is 1. The van der Waals surface area contributed by atoms with Gasteiger partial charge in [-0.25, -0.2) is 4.79 Å². The van der Waals surface area contributed by atoms with E-state index in [2.05, 4.69) is 15.2 Å². The Hall–Kier alpha value is -1.66. The van der Waals surface area contributed by atoms with E-state index in [1.807, 2.05) is 29.4 Å². The molecule has 0 aromatic carbocycles. The van der Waals surface area contributed by atoms with Crippen molar-refractivity contribution >= 4 is 6.03 Å². The summed E-state index contributed by atoms with van der Waals surface area (Å²) < 4.78 is 5.10. The zero-order chi connectivity index (χ0) is 16.8. The molecule has 2 saturated heterocycles. The Bertz CT molecular complexity index is 519. The van der Waals surface area contributed by atoms with E-state index in [4.69, 9.17) is 4.74 Å². The number of ether oxygens (including phenoxy) is 1. The molecule has 1 aromatic rings.